The number of nitrogens with two attached hydrogens (primary N) is 1. The lowest BCUT2D eigenvalue weighted by Gasteiger charge is -2.07. The Labute approximate surface area is 108 Å². The van der Waals surface area contributed by atoms with Crippen molar-refractivity contribution < 1.29 is 14.7 Å². The Morgan fingerprint density at radius 2 is 2.16 bits per heavy atom. The van der Waals surface area contributed by atoms with E-state index in [-0.39, 0.29) is 17.3 Å². The van der Waals surface area contributed by atoms with Crippen molar-refractivity contribution in [3.8, 4) is 5.69 Å². The third kappa shape index (κ3) is 2.54. The minimum absolute atomic E-state index is 0.0347. The Morgan fingerprint density at radius 3 is 2.74 bits per heavy atom. The van der Waals surface area contributed by atoms with E-state index in [4.69, 9.17) is 10.8 Å². The highest BCUT2D eigenvalue weighted by Gasteiger charge is 2.14. The third-order valence-corrected chi connectivity index (χ3v) is 2.45. The molecule has 19 heavy (non-hydrogen) atoms. The zero-order valence-corrected chi connectivity index (χ0v) is 10.1. The number of aromatic carboxylic acids is 1. The quantitative estimate of drug-likeness (QED) is 0.765. The summed E-state index contributed by atoms with van der Waals surface area (Å²) in [6, 6.07) is 6.78. The van der Waals surface area contributed by atoms with E-state index in [9.17, 15) is 9.59 Å². The van der Waals surface area contributed by atoms with Crippen molar-refractivity contribution in [3.63, 3.8) is 0 Å². The molecule has 2 aromatic rings. The van der Waals surface area contributed by atoms with Crippen LogP contribution in [0.5, 0.6) is 0 Å². The number of anilines is 2. The number of rotatable bonds is 3. The Balaban J connectivity index is 2.42. The second kappa shape index (κ2) is 4.81. The zero-order valence-electron chi connectivity index (χ0n) is 10.1. The van der Waals surface area contributed by atoms with Gasteiger partial charge in [0.15, 0.2) is 0 Å². The number of carboxylic acids is 1. The average molecular weight is 260 g/mol. The average Bonchev–Trinajstić information content (AvgIpc) is 2.70. The summed E-state index contributed by atoms with van der Waals surface area (Å²) in [6.45, 7) is 1.40. The number of hydrogen-bond acceptors (Lipinski definition) is 4. The van der Waals surface area contributed by atoms with Gasteiger partial charge in [0.25, 0.3) is 0 Å². The number of benzene rings is 1. The highest BCUT2D eigenvalue weighted by atomic mass is 16.4. The van der Waals surface area contributed by atoms with E-state index >= 15 is 0 Å². The molecule has 1 aromatic heterocycles. The molecule has 0 bridgehead atoms. The SMILES string of the molecule is CC(=O)Nc1cccc(-n2ncc(C(=O)O)c2N)c1. The van der Waals surface area contributed by atoms with Crippen LogP contribution in [0.15, 0.2) is 30.5 Å². The fourth-order valence-electron chi connectivity index (χ4n) is 1.65. The maximum atomic E-state index is 11.0. The van der Waals surface area contributed by atoms with Crippen LogP contribution in [0.2, 0.25) is 0 Å². The molecule has 1 amide bonds. The predicted molar refractivity (Wildman–Crippen MR) is 69.2 cm³/mol. The Kier molecular flexibility index (Phi) is 3.19. The van der Waals surface area contributed by atoms with Gasteiger partial charge in [-0.25, -0.2) is 9.48 Å². The minimum Gasteiger partial charge on any atom is -0.477 e. The number of amides is 1. The van der Waals surface area contributed by atoms with Crippen molar-refractivity contribution in [1.29, 1.82) is 0 Å². The van der Waals surface area contributed by atoms with E-state index < -0.39 is 5.97 Å². The molecule has 0 aliphatic heterocycles. The van der Waals surface area contributed by atoms with Gasteiger partial charge >= 0.3 is 5.97 Å². The lowest BCUT2D eigenvalue weighted by Crippen LogP contribution is -2.08. The molecule has 7 nitrogen and oxygen atoms in total. The van der Waals surface area contributed by atoms with Crippen molar-refractivity contribution >= 4 is 23.4 Å². The molecular weight excluding hydrogens is 248 g/mol. The molecule has 7 heteroatoms. The molecule has 1 heterocycles. The van der Waals surface area contributed by atoms with Crippen molar-refractivity contribution in [2.24, 2.45) is 0 Å². The summed E-state index contributed by atoms with van der Waals surface area (Å²) in [4.78, 5) is 21.9. The molecule has 4 N–H and O–H groups in total. The highest BCUT2D eigenvalue weighted by Crippen LogP contribution is 2.19. The number of aromatic nitrogens is 2. The Hall–Kier alpha value is -2.83. The Bertz CT molecular complexity index is 648. The molecule has 98 valence electrons. The molecule has 2 rings (SSSR count). The van der Waals surface area contributed by atoms with E-state index in [1.807, 2.05) is 0 Å². The van der Waals surface area contributed by atoms with E-state index in [2.05, 4.69) is 10.4 Å². The van der Waals surface area contributed by atoms with Crippen molar-refractivity contribution in [2.75, 3.05) is 11.1 Å². The first-order chi connectivity index (χ1) is 8.99. The van der Waals surface area contributed by atoms with Gasteiger partial charge in [-0.2, -0.15) is 5.10 Å². The largest absolute Gasteiger partial charge is 0.477 e. The van der Waals surface area contributed by atoms with Gasteiger partial charge in [0.1, 0.15) is 11.4 Å². The second-order valence-corrected chi connectivity index (χ2v) is 3.89. The normalized spacial score (nSPS) is 10.2. The molecule has 0 atom stereocenters. The van der Waals surface area contributed by atoms with Gasteiger partial charge in [-0.15, -0.1) is 0 Å². The van der Waals surface area contributed by atoms with E-state index in [1.165, 1.54) is 17.8 Å². The number of carbonyl (C=O) groups is 2. The smallest absolute Gasteiger partial charge is 0.341 e. The van der Waals surface area contributed by atoms with Gasteiger partial charge in [-0.3, -0.25) is 4.79 Å². The third-order valence-electron chi connectivity index (χ3n) is 2.45. The lowest BCUT2D eigenvalue weighted by atomic mass is 10.2. The summed E-state index contributed by atoms with van der Waals surface area (Å²) in [5.74, 6) is -1.30. The summed E-state index contributed by atoms with van der Waals surface area (Å²) >= 11 is 0. The molecule has 1 aromatic carbocycles. The van der Waals surface area contributed by atoms with Crippen molar-refractivity contribution in [2.45, 2.75) is 6.92 Å². The first-order valence-electron chi connectivity index (χ1n) is 5.44. The number of nitrogens with one attached hydrogen (secondary N) is 1. The van der Waals surface area contributed by atoms with Gasteiger partial charge < -0.3 is 16.2 Å². The first-order valence-corrected chi connectivity index (χ1v) is 5.44. The van der Waals surface area contributed by atoms with Gasteiger partial charge in [-0.1, -0.05) is 6.07 Å². The highest BCUT2D eigenvalue weighted by molar-refractivity contribution is 5.93. The summed E-state index contributed by atoms with van der Waals surface area (Å²) in [5.41, 5.74) is 6.80. The molecule has 0 aliphatic rings. The summed E-state index contributed by atoms with van der Waals surface area (Å²) in [5, 5.41) is 15.5. The maximum Gasteiger partial charge on any atom is 0.341 e. The van der Waals surface area contributed by atoms with Crippen LogP contribution in [0.4, 0.5) is 11.5 Å². The topological polar surface area (TPSA) is 110 Å². The zero-order chi connectivity index (χ0) is 14.0. The molecule has 0 unspecified atom stereocenters. The fourth-order valence-corrected chi connectivity index (χ4v) is 1.65. The van der Waals surface area contributed by atoms with Crippen LogP contribution in [-0.2, 0) is 4.79 Å². The molecule has 0 spiro atoms. The monoisotopic (exact) mass is 260 g/mol. The lowest BCUT2D eigenvalue weighted by molar-refractivity contribution is -0.114. The number of carbonyl (C=O) groups excluding carboxylic acids is 1. The van der Waals surface area contributed by atoms with Crippen LogP contribution in [0.3, 0.4) is 0 Å². The predicted octanol–water partition coefficient (Wildman–Crippen LogP) is 1.11. The molecule has 0 aliphatic carbocycles. The summed E-state index contributed by atoms with van der Waals surface area (Å²) in [7, 11) is 0. The van der Waals surface area contributed by atoms with Crippen LogP contribution in [0.1, 0.15) is 17.3 Å². The molecular formula is C12H12N4O3. The maximum absolute atomic E-state index is 11.0. The van der Waals surface area contributed by atoms with Gasteiger partial charge in [0.2, 0.25) is 5.91 Å². The number of carboxylic acid groups (broad SMARTS) is 1. The number of nitrogens with zero attached hydrogens (tertiary/aromatic N) is 2. The van der Waals surface area contributed by atoms with Crippen LogP contribution in [-0.4, -0.2) is 26.8 Å². The number of nitrogen functional groups attached to an aromatic ring is 1. The number of hydrogen-bond donors (Lipinski definition) is 3. The van der Waals surface area contributed by atoms with Gasteiger partial charge in [-0.05, 0) is 18.2 Å². The molecule has 0 fully saturated rings. The van der Waals surface area contributed by atoms with E-state index in [1.54, 1.807) is 24.3 Å². The van der Waals surface area contributed by atoms with Gasteiger partial charge in [0.05, 0.1) is 11.9 Å². The van der Waals surface area contributed by atoms with Crippen LogP contribution in [0, 0.1) is 0 Å². The van der Waals surface area contributed by atoms with Crippen LogP contribution < -0.4 is 11.1 Å². The van der Waals surface area contributed by atoms with E-state index in [0.717, 1.165) is 0 Å². The van der Waals surface area contributed by atoms with Crippen molar-refractivity contribution in [1.82, 2.24) is 9.78 Å². The summed E-state index contributed by atoms with van der Waals surface area (Å²) < 4.78 is 1.30. The van der Waals surface area contributed by atoms with Crippen molar-refractivity contribution in [3.05, 3.63) is 36.0 Å². The van der Waals surface area contributed by atoms with Crippen LogP contribution >= 0.6 is 0 Å². The summed E-state index contributed by atoms with van der Waals surface area (Å²) in [6.07, 6.45) is 1.18. The van der Waals surface area contributed by atoms with E-state index in [0.29, 0.717) is 11.4 Å². The van der Waals surface area contributed by atoms with Gasteiger partial charge in [0, 0.05) is 12.6 Å². The standard InChI is InChI=1S/C12H12N4O3/c1-7(17)15-8-3-2-4-9(5-8)16-11(13)10(6-14-16)12(18)19/h2-6H,13H2,1H3,(H,15,17)(H,18,19). The molecule has 0 saturated carbocycles. The molecule has 0 saturated heterocycles. The van der Waals surface area contributed by atoms with Crippen LogP contribution in [0.25, 0.3) is 5.69 Å². The minimum atomic E-state index is -1.14. The fraction of sp³-hybridized carbons (Fsp3) is 0.0833. The Morgan fingerprint density at radius 1 is 1.42 bits per heavy atom. The second-order valence-electron chi connectivity index (χ2n) is 3.89. The first kappa shape index (κ1) is 12.6. The molecule has 0 radical (unpaired) electrons.